The van der Waals surface area contributed by atoms with Crippen LogP contribution in [0.3, 0.4) is 0 Å². The van der Waals surface area contributed by atoms with Gasteiger partial charge in [-0.05, 0) is 49.2 Å². The van der Waals surface area contributed by atoms with Crippen molar-refractivity contribution < 1.29 is 18.7 Å². The lowest BCUT2D eigenvalue weighted by Gasteiger charge is -2.33. The number of carbonyl (C=O) groups excluding carboxylic acids is 1. The molecule has 1 amide bonds. The van der Waals surface area contributed by atoms with Gasteiger partial charge in [0.2, 0.25) is 0 Å². The minimum absolute atomic E-state index is 0.0578. The van der Waals surface area contributed by atoms with Gasteiger partial charge in [0, 0.05) is 18.3 Å². The Kier molecular flexibility index (Phi) is 5.20. The number of benzene rings is 1. The number of piperidine rings is 1. The second kappa shape index (κ2) is 7.42. The van der Waals surface area contributed by atoms with Gasteiger partial charge in [0.25, 0.3) is 5.91 Å². The third-order valence-corrected chi connectivity index (χ3v) is 4.65. The van der Waals surface area contributed by atoms with Gasteiger partial charge in [0.15, 0.2) is 0 Å². The van der Waals surface area contributed by atoms with E-state index < -0.39 is 23.2 Å². The predicted molar refractivity (Wildman–Crippen MR) is 98.3 cm³/mol. The zero-order chi connectivity index (χ0) is 19.6. The van der Waals surface area contributed by atoms with Crippen molar-refractivity contribution >= 4 is 17.3 Å². The van der Waals surface area contributed by atoms with E-state index in [2.05, 4.69) is 10.6 Å². The number of allylic oxidation sites excluding steroid dienone is 4. The summed E-state index contributed by atoms with van der Waals surface area (Å²) in [6.07, 6.45) is 4.49. The van der Waals surface area contributed by atoms with Crippen molar-refractivity contribution in [3.8, 4) is 0 Å². The maximum absolute atomic E-state index is 14.5. The van der Waals surface area contributed by atoms with Crippen molar-refractivity contribution in [2.24, 2.45) is 5.73 Å². The smallest absolute Gasteiger partial charge is 0.250 e. The van der Waals surface area contributed by atoms with Gasteiger partial charge in [-0.3, -0.25) is 10.2 Å². The molecular formula is C19H20F2N4O2. The fraction of sp³-hybridized carbons (Fsp3) is 0.263. The maximum atomic E-state index is 14.5. The summed E-state index contributed by atoms with van der Waals surface area (Å²) in [6.45, 7) is 1.17. The van der Waals surface area contributed by atoms with Gasteiger partial charge >= 0.3 is 0 Å². The molecule has 27 heavy (non-hydrogen) atoms. The van der Waals surface area contributed by atoms with Crippen molar-refractivity contribution in [1.29, 1.82) is 5.41 Å². The van der Waals surface area contributed by atoms with Crippen LogP contribution in [-0.2, 0) is 10.4 Å². The Morgan fingerprint density at radius 3 is 2.78 bits per heavy atom. The van der Waals surface area contributed by atoms with Crippen LogP contribution in [0, 0.1) is 11.2 Å². The molecule has 1 unspecified atom stereocenters. The summed E-state index contributed by atoms with van der Waals surface area (Å²) in [5, 5.41) is 24.3. The highest BCUT2D eigenvalue weighted by molar-refractivity contribution is 6.28. The van der Waals surface area contributed by atoms with Gasteiger partial charge in [-0.2, -0.15) is 0 Å². The number of amides is 1. The number of nitrogens with two attached hydrogens (primary N) is 1. The maximum Gasteiger partial charge on any atom is 0.250 e. The van der Waals surface area contributed by atoms with Gasteiger partial charge in [-0.1, -0.05) is 6.07 Å². The first-order valence-electron chi connectivity index (χ1n) is 8.48. The van der Waals surface area contributed by atoms with Crippen molar-refractivity contribution in [2.45, 2.75) is 18.4 Å². The first-order chi connectivity index (χ1) is 12.8. The monoisotopic (exact) mass is 374 g/mol. The number of carbonyl (C=O) groups is 1. The molecule has 0 aromatic heterocycles. The number of β-amino-alcohol motifs (C(OH)–C–C–N with tert-alkyl or cyclic N) is 1. The molecule has 6 N–H and O–H groups in total. The summed E-state index contributed by atoms with van der Waals surface area (Å²) in [6, 6.07) is 4.34. The summed E-state index contributed by atoms with van der Waals surface area (Å²) in [5.41, 5.74) is 4.13. The van der Waals surface area contributed by atoms with Gasteiger partial charge in [0.05, 0.1) is 17.0 Å². The van der Waals surface area contributed by atoms with Crippen molar-refractivity contribution in [2.75, 3.05) is 18.4 Å². The lowest BCUT2D eigenvalue weighted by Crippen LogP contribution is -2.43. The average molecular weight is 374 g/mol. The third kappa shape index (κ3) is 3.96. The van der Waals surface area contributed by atoms with E-state index in [1.54, 1.807) is 6.07 Å². The molecule has 0 bridgehead atoms. The van der Waals surface area contributed by atoms with E-state index in [1.807, 2.05) is 0 Å². The van der Waals surface area contributed by atoms with Gasteiger partial charge in [-0.15, -0.1) is 0 Å². The minimum atomic E-state index is -1.12. The van der Waals surface area contributed by atoms with E-state index in [1.165, 1.54) is 18.3 Å². The average Bonchev–Trinajstić information content (AvgIpc) is 2.63. The zero-order valence-electron chi connectivity index (χ0n) is 14.5. The topological polar surface area (TPSA) is 111 Å². The van der Waals surface area contributed by atoms with E-state index in [-0.39, 0.29) is 22.5 Å². The van der Waals surface area contributed by atoms with Crippen molar-refractivity contribution in [3.63, 3.8) is 0 Å². The number of rotatable bonds is 4. The molecule has 0 saturated carbocycles. The van der Waals surface area contributed by atoms with Crippen molar-refractivity contribution in [3.05, 3.63) is 64.9 Å². The van der Waals surface area contributed by atoms with E-state index in [4.69, 9.17) is 11.1 Å². The molecule has 1 aliphatic heterocycles. The fourth-order valence-corrected chi connectivity index (χ4v) is 3.15. The number of halogens is 2. The molecule has 2 aliphatic rings. The minimum Gasteiger partial charge on any atom is -0.384 e. The molecule has 0 spiro atoms. The summed E-state index contributed by atoms with van der Waals surface area (Å²) >= 11 is 0. The molecule has 1 fully saturated rings. The third-order valence-electron chi connectivity index (χ3n) is 4.65. The summed E-state index contributed by atoms with van der Waals surface area (Å²) < 4.78 is 28.1. The Balaban J connectivity index is 1.80. The van der Waals surface area contributed by atoms with E-state index >= 15 is 0 Å². The quantitative estimate of drug-likeness (QED) is 0.555. The SMILES string of the molecule is N=C1C(C(N)=O)=CC(F)=C/C1=C/Nc1ccc(C2(O)CCCNC2)cc1F. The summed E-state index contributed by atoms with van der Waals surface area (Å²) in [5.74, 6) is -2.24. The molecule has 8 heteroatoms. The number of primary amides is 1. The van der Waals surface area contributed by atoms with Gasteiger partial charge in [-0.25, -0.2) is 8.78 Å². The lowest BCUT2D eigenvalue weighted by atomic mass is 9.86. The molecule has 3 rings (SSSR count). The zero-order valence-corrected chi connectivity index (χ0v) is 14.5. The fourth-order valence-electron chi connectivity index (χ4n) is 3.15. The second-order valence-corrected chi connectivity index (χ2v) is 6.58. The van der Waals surface area contributed by atoms with E-state index in [0.29, 0.717) is 18.5 Å². The van der Waals surface area contributed by atoms with Gasteiger partial charge < -0.3 is 21.5 Å². The number of hydrogen-bond acceptors (Lipinski definition) is 5. The highest BCUT2D eigenvalue weighted by Crippen LogP contribution is 2.30. The van der Waals surface area contributed by atoms with Crippen LogP contribution >= 0.6 is 0 Å². The van der Waals surface area contributed by atoms with E-state index in [9.17, 15) is 18.7 Å². The molecule has 1 aromatic carbocycles. The lowest BCUT2D eigenvalue weighted by molar-refractivity contribution is -0.114. The first-order valence-corrected chi connectivity index (χ1v) is 8.48. The first kappa shape index (κ1) is 18.9. The molecule has 1 atom stereocenters. The van der Waals surface area contributed by atoms with Crippen LogP contribution in [0.25, 0.3) is 0 Å². The largest absolute Gasteiger partial charge is 0.384 e. The molecule has 0 radical (unpaired) electrons. The Morgan fingerprint density at radius 1 is 1.37 bits per heavy atom. The second-order valence-electron chi connectivity index (χ2n) is 6.58. The molecule has 1 aromatic rings. The normalized spacial score (nSPS) is 24.4. The summed E-state index contributed by atoms with van der Waals surface area (Å²) in [7, 11) is 0. The Labute approximate surface area is 155 Å². The number of anilines is 1. The molecule has 1 aliphatic carbocycles. The van der Waals surface area contributed by atoms with Crippen LogP contribution in [-0.4, -0.2) is 29.8 Å². The molecule has 1 saturated heterocycles. The Bertz CT molecular complexity index is 884. The van der Waals surface area contributed by atoms with Crippen LogP contribution in [0.5, 0.6) is 0 Å². The molecular weight excluding hydrogens is 354 g/mol. The Hall–Kier alpha value is -2.84. The van der Waals surface area contributed by atoms with Crippen LogP contribution in [0.1, 0.15) is 18.4 Å². The summed E-state index contributed by atoms with van der Waals surface area (Å²) in [4.78, 5) is 11.3. The number of nitrogens with one attached hydrogen (secondary N) is 3. The van der Waals surface area contributed by atoms with Crippen LogP contribution < -0.4 is 16.4 Å². The van der Waals surface area contributed by atoms with E-state index in [0.717, 1.165) is 25.1 Å². The molecule has 1 heterocycles. The highest BCUT2D eigenvalue weighted by atomic mass is 19.1. The highest BCUT2D eigenvalue weighted by Gasteiger charge is 2.31. The Morgan fingerprint density at radius 2 is 2.15 bits per heavy atom. The van der Waals surface area contributed by atoms with Crippen LogP contribution in [0.2, 0.25) is 0 Å². The van der Waals surface area contributed by atoms with Crippen LogP contribution in [0.4, 0.5) is 14.5 Å². The predicted octanol–water partition coefficient (Wildman–Crippen LogP) is 1.99. The van der Waals surface area contributed by atoms with Crippen LogP contribution in [0.15, 0.2) is 53.5 Å². The molecule has 6 nitrogen and oxygen atoms in total. The standard InChI is InChI=1S/C19H20F2N4O2/c20-13-6-11(17(22)14(8-13)18(23)26)9-25-16-3-2-12(7-15(16)21)19(27)4-1-5-24-10-19/h2-3,6-9,22,24-25,27H,1,4-5,10H2,(H2,23,26)/b11-9-,22-17?. The number of aliphatic hydroxyl groups is 1. The molecule has 142 valence electrons. The van der Waals surface area contributed by atoms with Crippen molar-refractivity contribution in [1.82, 2.24) is 5.32 Å². The van der Waals surface area contributed by atoms with Gasteiger partial charge in [0.1, 0.15) is 17.2 Å². The number of hydrogen-bond donors (Lipinski definition) is 5.